The molecule has 3 fully saturated rings. The van der Waals surface area contributed by atoms with Crippen LogP contribution in [0.4, 0.5) is 0 Å². The van der Waals surface area contributed by atoms with Crippen molar-refractivity contribution in [2.24, 2.45) is 40.4 Å². The Labute approximate surface area is 202 Å². The highest BCUT2D eigenvalue weighted by Crippen LogP contribution is 2.76. The molecule has 0 bridgehead atoms. The van der Waals surface area contributed by atoms with Gasteiger partial charge in [-0.25, -0.2) is 0 Å². The molecule has 0 radical (unpaired) electrons. The van der Waals surface area contributed by atoms with Gasteiger partial charge >= 0.3 is 0 Å². The van der Waals surface area contributed by atoms with E-state index in [0.29, 0.717) is 43.7 Å². The highest BCUT2D eigenvalue weighted by atomic mass is 16.3. The lowest BCUT2D eigenvalue weighted by molar-refractivity contribution is -0.155. The minimum absolute atomic E-state index is 0.0258. The average Bonchev–Trinajstić information content (AvgIpc) is 3.27. The van der Waals surface area contributed by atoms with E-state index in [1.165, 1.54) is 0 Å². The number of fused-ring (bicyclic) bond motifs is 3. The Bertz CT molecular complexity index is 974. The summed E-state index contributed by atoms with van der Waals surface area (Å²) in [6.07, 6.45) is 4.66. The van der Waals surface area contributed by atoms with E-state index >= 15 is 0 Å². The number of phenolic OH excluding ortho intramolecular Hbond substituents is 3. The number of carbonyl (C=O) groups excluding carboxylic acids is 2. The summed E-state index contributed by atoms with van der Waals surface area (Å²) in [7, 11) is 0. The Balaban J connectivity index is 1.90. The fourth-order valence-electron chi connectivity index (χ4n) is 8.48. The number of aldehydes is 2. The van der Waals surface area contributed by atoms with Crippen molar-refractivity contribution < 1.29 is 30.0 Å². The zero-order valence-corrected chi connectivity index (χ0v) is 21.3. The normalized spacial score (nSPS) is 36.9. The van der Waals surface area contributed by atoms with Crippen molar-refractivity contribution in [2.45, 2.75) is 85.2 Å². The second-order valence-electron chi connectivity index (χ2n) is 12.7. The van der Waals surface area contributed by atoms with E-state index in [2.05, 4.69) is 34.6 Å². The number of benzene rings is 1. The van der Waals surface area contributed by atoms with Crippen molar-refractivity contribution in [2.75, 3.05) is 0 Å². The van der Waals surface area contributed by atoms with E-state index < -0.39 is 22.8 Å². The van der Waals surface area contributed by atoms with Crippen LogP contribution in [0.1, 0.15) is 106 Å². The number of hydrogen-bond acceptors (Lipinski definition) is 6. The lowest BCUT2D eigenvalue weighted by Crippen LogP contribution is -2.56. The van der Waals surface area contributed by atoms with Gasteiger partial charge in [0.15, 0.2) is 12.6 Å². The van der Waals surface area contributed by atoms with Crippen LogP contribution < -0.4 is 0 Å². The number of aliphatic hydroxyl groups is 1. The molecule has 4 N–H and O–H groups in total. The average molecular weight is 473 g/mol. The molecule has 0 saturated heterocycles. The molecule has 3 aliphatic carbocycles. The molecule has 0 amide bonds. The molecule has 0 aliphatic heterocycles. The maximum Gasteiger partial charge on any atom is 0.157 e. The zero-order valence-electron chi connectivity index (χ0n) is 21.3. The Morgan fingerprint density at radius 1 is 0.912 bits per heavy atom. The molecule has 4 rings (SSSR count). The van der Waals surface area contributed by atoms with Crippen molar-refractivity contribution in [1.29, 1.82) is 0 Å². The van der Waals surface area contributed by atoms with Crippen LogP contribution in [0.3, 0.4) is 0 Å². The minimum atomic E-state index is -0.800. The van der Waals surface area contributed by atoms with Gasteiger partial charge < -0.3 is 20.4 Å². The fourth-order valence-corrected chi connectivity index (χ4v) is 8.48. The van der Waals surface area contributed by atoms with Crippen molar-refractivity contribution in [3.05, 3.63) is 16.7 Å². The van der Waals surface area contributed by atoms with Gasteiger partial charge in [0, 0.05) is 5.56 Å². The van der Waals surface area contributed by atoms with Gasteiger partial charge in [-0.2, -0.15) is 0 Å². The van der Waals surface area contributed by atoms with Crippen LogP contribution in [-0.2, 0) is 0 Å². The van der Waals surface area contributed by atoms with Gasteiger partial charge in [0.2, 0.25) is 0 Å². The van der Waals surface area contributed by atoms with Gasteiger partial charge in [0.05, 0.1) is 16.7 Å². The molecule has 7 atom stereocenters. The molecule has 3 unspecified atom stereocenters. The molecular formula is C28H40O6. The van der Waals surface area contributed by atoms with Crippen LogP contribution in [0.5, 0.6) is 17.2 Å². The Morgan fingerprint density at radius 3 is 1.97 bits per heavy atom. The van der Waals surface area contributed by atoms with E-state index in [0.717, 1.165) is 12.8 Å². The maximum atomic E-state index is 11.7. The van der Waals surface area contributed by atoms with Crippen LogP contribution in [-0.4, -0.2) is 38.6 Å². The Kier molecular flexibility index (Phi) is 5.87. The third-order valence-corrected chi connectivity index (χ3v) is 10.0. The molecule has 3 saturated carbocycles. The van der Waals surface area contributed by atoms with Crippen LogP contribution >= 0.6 is 0 Å². The third-order valence-electron chi connectivity index (χ3n) is 10.0. The summed E-state index contributed by atoms with van der Waals surface area (Å²) in [6, 6.07) is 0. The van der Waals surface area contributed by atoms with Gasteiger partial charge in [0.1, 0.15) is 17.2 Å². The quantitative estimate of drug-likeness (QED) is 0.412. The number of hydrogen-bond donors (Lipinski definition) is 4. The highest BCUT2D eigenvalue weighted by molar-refractivity contribution is 5.95. The molecule has 0 spiro atoms. The molecule has 0 aromatic heterocycles. The summed E-state index contributed by atoms with van der Waals surface area (Å²) in [5.74, 6) is -0.575. The van der Waals surface area contributed by atoms with Gasteiger partial charge in [-0.3, -0.25) is 9.59 Å². The van der Waals surface area contributed by atoms with Crippen LogP contribution in [0.25, 0.3) is 0 Å². The summed E-state index contributed by atoms with van der Waals surface area (Å²) < 4.78 is 0. The van der Waals surface area contributed by atoms with E-state index in [1.807, 2.05) is 6.92 Å². The highest BCUT2D eigenvalue weighted by Gasteiger charge is 2.72. The Morgan fingerprint density at radius 2 is 1.47 bits per heavy atom. The SMILES string of the molecule is CC(C)CC(c1c(O)c(C=O)c(O)c(C=O)c1O)[C@@H]1CC[C@@](C)(O)[C@@H]2C3C(CC[C@]21C)C3(C)C. The fraction of sp³-hybridized carbons (Fsp3) is 0.714. The summed E-state index contributed by atoms with van der Waals surface area (Å²) in [5, 5.41) is 44.1. The zero-order chi connectivity index (χ0) is 25.4. The van der Waals surface area contributed by atoms with E-state index in [-0.39, 0.29) is 51.2 Å². The molecule has 34 heavy (non-hydrogen) atoms. The van der Waals surface area contributed by atoms with E-state index in [4.69, 9.17) is 0 Å². The largest absolute Gasteiger partial charge is 0.507 e. The molecule has 1 aromatic carbocycles. The second-order valence-corrected chi connectivity index (χ2v) is 12.7. The first-order valence-electron chi connectivity index (χ1n) is 12.7. The lowest BCUT2D eigenvalue weighted by atomic mass is 9.47. The van der Waals surface area contributed by atoms with Gasteiger partial charge in [-0.1, -0.05) is 34.6 Å². The Hall–Kier alpha value is -2.08. The first kappa shape index (κ1) is 25.0. The number of phenols is 3. The predicted octanol–water partition coefficient (Wildman–Crippen LogP) is 5.41. The van der Waals surface area contributed by atoms with Crippen molar-refractivity contribution in [3.63, 3.8) is 0 Å². The monoisotopic (exact) mass is 472 g/mol. The number of carbonyl (C=O) groups is 2. The van der Waals surface area contributed by atoms with Crippen LogP contribution in [0.15, 0.2) is 0 Å². The molecule has 3 aliphatic rings. The second kappa shape index (κ2) is 7.97. The molecular weight excluding hydrogens is 432 g/mol. The third kappa shape index (κ3) is 3.39. The minimum Gasteiger partial charge on any atom is -0.507 e. The summed E-state index contributed by atoms with van der Waals surface area (Å²) >= 11 is 0. The van der Waals surface area contributed by atoms with Crippen LogP contribution in [0.2, 0.25) is 0 Å². The van der Waals surface area contributed by atoms with Gasteiger partial charge in [-0.05, 0) is 85.4 Å². The van der Waals surface area contributed by atoms with E-state index in [9.17, 15) is 30.0 Å². The van der Waals surface area contributed by atoms with Crippen molar-refractivity contribution >= 4 is 12.6 Å². The molecule has 1 aromatic rings. The smallest absolute Gasteiger partial charge is 0.157 e. The number of rotatable bonds is 6. The topological polar surface area (TPSA) is 115 Å². The number of aromatic hydroxyl groups is 3. The first-order chi connectivity index (χ1) is 15.7. The van der Waals surface area contributed by atoms with Crippen LogP contribution in [0, 0.1) is 40.4 Å². The standard InChI is InChI=1S/C28H40O6/c1-14(2)11-15(20-23(32)16(12-29)22(31)17(13-30)24(20)33)18-8-10-28(6,34)25-21-19(26(21,3)4)7-9-27(18,25)5/h12-15,18-19,21,25,31-34H,7-11H2,1-6H3/t15?,18-,19?,21?,25+,27-,28+/m0/s1. The summed E-state index contributed by atoms with van der Waals surface area (Å²) in [5.41, 5.74) is -1.40. The first-order valence-corrected chi connectivity index (χ1v) is 12.7. The maximum absolute atomic E-state index is 11.7. The molecule has 188 valence electrons. The van der Waals surface area contributed by atoms with Gasteiger partial charge in [-0.15, -0.1) is 0 Å². The lowest BCUT2D eigenvalue weighted by Gasteiger charge is -2.59. The molecule has 6 nitrogen and oxygen atoms in total. The molecule has 6 heteroatoms. The molecule has 0 heterocycles. The van der Waals surface area contributed by atoms with Crippen molar-refractivity contribution in [3.8, 4) is 17.2 Å². The van der Waals surface area contributed by atoms with E-state index in [1.54, 1.807) is 0 Å². The summed E-state index contributed by atoms with van der Waals surface area (Å²) in [6.45, 7) is 13.0. The summed E-state index contributed by atoms with van der Waals surface area (Å²) in [4.78, 5) is 23.5. The van der Waals surface area contributed by atoms with Crippen molar-refractivity contribution in [1.82, 2.24) is 0 Å². The predicted molar refractivity (Wildman–Crippen MR) is 129 cm³/mol. The van der Waals surface area contributed by atoms with Gasteiger partial charge in [0.25, 0.3) is 0 Å².